The van der Waals surface area contributed by atoms with Gasteiger partial charge in [-0.15, -0.1) is 0 Å². The third-order valence-corrected chi connectivity index (χ3v) is 6.59. The smallest absolute Gasteiger partial charge is 0.163 e. The van der Waals surface area contributed by atoms with Gasteiger partial charge in [0.15, 0.2) is 5.82 Å². The van der Waals surface area contributed by atoms with Crippen molar-refractivity contribution >= 4 is 32.3 Å². The van der Waals surface area contributed by atoms with Crippen LogP contribution in [0.1, 0.15) is 0 Å². The normalized spacial score (nSPS) is 11.3. The molecule has 0 radical (unpaired) electrons. The maximum atomic E-state index is 4.94. The fourth-order valence-corrected chi connectivity index (χ4v) is 4.73. The van der Waals surface area contributed by atoms with Crippen LogP contribution in [0.3, 0.4) is 0 Å². The average Bonchev–Trinajstić information content (AvgIpc) is 2.95. The summed E-state index contributed by atoms with van der Waals surface area (Å²) in [5.74, 6) is 0.606. The quantitative estimate of drug-likeness (QED) is 0.253. The molecule has 0 saturated carbocycles. The van der Waals surface area contributed by atoms with E-state index in [1.807, 2.05) is 0 Å². The number of rotatable bonds is 3. The Morgan fingerprint density at radius 2 is 0.889 bits per heavy atom. The van der Waals surface area contributed by atoms with Crippen LogP contribution in [0.15, 0.2) is 122 Å². The molecule has 7 rings (SSSR count). The van der Waals surface area contributed by atoms with Gasteiger partial charge in [0.05, 0.1) is 17.0 Å². The molecule has 7 aromatic rings. The van der Waals surface area contributed by atoms with Crippen molar-refractivity contribution in [1.82, 2.24) is 19.9 Å². The molecule has 0 aliphatic heterocycles. The fourth-order valence-electron chi connectivity index (χ4n) is 4.73. The first-order valence-electron chi connectivity index (χ1n) is 11.9. The number of hydrogen-bond donors (Lipinski definition) is 0. The molecule has 5 aromatic carbocycles. The van der Waals surface area contributed by atoms with Gasteiger partial charge in [-0.05, 0) is 62.6 Å². The molecule has 0 fully saturated rings. The van der Waals surface area contributed by atoms with Gasteiger partial charge in [0.2, 0.25) is 0 Å². The first-order chi connectivity index (χ1) is 17.8. The molecule has 0 unspecified atom stereocenters. The molecule has 4 nitrogen and oxygen atoms in total. The van der Waals surface area contributed by atoms with E-state index in [2.05, 4.69) is 113 Å². The van der Waals surface area contributed by atoms with Crippen LogP contribution >= 0.6 is 0 Å². The molecule has 2 heterocycles. The van der Waals surface area contributed by atoms with Crippen molar-refractivity contribution in [3.63, 3.8) is 0 Å². The Hall–Kier alpha value is -4.96. The number of fused-ring (bicyclic) bond motifs is 3. The first kappa shape index (κ1) is 20.4. The SMILES string of the molecule is c1ccc2cc(-c3cc(-c4ccc5cc6ccccc6cc5c4)nc(-c4cncnc4)n3)ccc2c1. The van der Waals surface area contributed by atoms with Gasteiger partial charge in [0, 0.05) is 23.5 Å². The summed E-state index contributed by atoms with van der Waals surface area (Å²) in [7, 11) is 0. The van der Waals surface area contributed by atoms with Gasteiger partial charge in [-0.3, -0.25) is 0 Å². The molecule has 36 heavy (non-hydrogen) atoms. The molecule has 0 saturated heterocycles. The van der Waals surface area contributed by atoms with Crippen LogP contribution in [0.25, 0.3) is 66.2 Å². The van der Waals surface area contributed by atoms with Crippen molar-refractivity contribution < 1.29 is 0 Å². The molecule has 0 atom stereocenters. The van der Waals surface area contributed by atoms with Crippen LogP contribution < -0.4 is 0 Å². The van der Waals surface area contributed by atoms with Crippen LogP contribution in [0, 0.1) is 0 Å². The topological polar surface area (TPSA) is 51.6 Å². The van der Waals surface area contributed by atoms with E-state index in [-0.39, 0.29) is 0 Å². The number of hydrogen-bond acceptors (Lipinski definition) is 4. The summed E-state index contributed by atoms with van der Waals surface area (Å²) < 4.78 is 0. The molecule has 0 amide bonds. The highest BCUT2D eigenvalue weighted by molar-refractivity contribution is 5.99. The monoisotopic (exact) mass is 460 g/mol. The van der Waals surface area contributed by atoms with Crippen LogP contribution in [0.4, 0.5) is 0 Å². The van der Waals surface area contributed by atoms with E-state index in [4.69, 9.17) is 9.97 Å². The van der Waals surface area contributed by atoms with Crippen molar-refractivity contribution in [3.05, 3.63) is 122 Å². The average molecular weight is 461 g/mol. The maximum absolute atomic E-state index is 4.94. The zero-order chi connectivity index (χ0) is 23.9. The van der Waals surface area contributed by atoms with E-state index in [9.17, 15) is 0 Å². The Morgan fingerprint density at radius 3 is 1.56 bits per heavy atom. The van der Waals surface area contributed by atoms with Crippen molar-refractivity contribution in [1.29, 1.82) is 0 Å². The Morgan fingerprint density at radius 1 is 0.389 bits per heavy atom. The van der Waals surface area contributed by atoms with Gasteiger partial charge in [0.1, 0.15) is 6.33 Å². The van der Waals surface area contributed by atoms with Crippen LogP contribution in [-0.2, 0) is 0 Å². The Balaban J connectivity index is 1.43. The Kier molecular flexibility index (Phi) is 4.74. The summed E-state index contributed by atoms with van der Waals surface area (Å²) >= 11 is 0. The number of aromatic nitrogens is 4. The minimum Gasteiger partial charge on any atom is -0.244 e. The minimum atomic E-state index is 0.606. The van der Waals surface area contributed by atoms with E-state index in [0.717, 1.165) is 28.1 Å². The van der Waals surface area contributed by atoms with Gasteiger partial charge in [0.25, 0.3) is 0 Å². The molecule has 168 valence electrons. The second kappa shape index (κ2) is 8.36. The lowest BCUT2D eigenvalue weighted by molar-refractivity contribution is 1.12. The van der Waals surface area contributed by atoms with E-state index < -0.39 is 0 Å². The summed E-state index contributed by atoms with van der Waals surface area (Å²) in [6.45, 7) is 0. The molecule has 0 aliphatic carbocycles. The standard InChI is InChI=1S/C32H20N4/c1-2-6-22-14-26(11-9-21(22)5-1)30-17-31(36-32(35-30)29-18-33-20-34-19-29)27-12-10-25-13-23-7-3-4-8-24(23)15-28(25)16-27/h1-20H. The van der Waals surface area contributed by atoms with Crippen molar-refractivity contribution in [2.24, 2.45) is 0 Å². The molecule has 2 aromatic heterocycles. The predicted octanol–water partition coefficient (Wildman–Crippen LogP) is 7.73. The van der Waals surface area contributed by atoms with E-state index in [1.165, 1.54) is 38.6 Å². The highest BCUT2D eigenvalue weighted by atomic mass is 14.9. The number of nitrogens with zero attached hydrogens (tertiary/aromatic N) is 4. The Bertz CT molecular complexity index is 1890. The molecular weight excluding hydrogens is 440 g/mol. The van der Waals surface area contributed by atoms with Crippen molar-refractivity contribution in [2.45, 2.75) is 0 Å². The summed E-state index contributed by atoms with van der Waals surface area (Å²) in [5, 5.41) is 7.24. The highest BCUT2D eigenvalue weighted by Gasteiger charge is 2.12. The second-order valence-corrected chi connectivity index (χ2v) is 8.91. The van der Waals surface area contributed by atoms with Gasteiger partial charge in [-0.1, -0.05) is 72.8 Å². The van der Waals surface area contributed by atoms with E-state index in [0.29, 0.717) is 5.82 Å². The summed E-state index contributed by atoms with van der Waals surface area (Å²) in [5.41, 5.74) is 4.60. The molecular formula is C32H20N4. The lowest BCUT2D eigenvalue weighted by Crippen LogP contribution is -1.97. The molecule has 0 spiro atoms. The lowest BCUT2D eigenvalue weighted by Gasteiger charge is -2.11. The van der Waals surface area contributed by atoms with Crippen molar-refractivity contribution in [3.8, 4) is 33.9 Å². The zero-order valence-electron chi connectivity index (χ0n) is 19.3. The lowest BCUT2D eigenvalue weighted by atomic mass is 9.99. The zero-order valence-corrected chi connectivity index (χ0v) is 19.3. The molecule has 0 aliphatic rings. The first-order valence-corrected chi connectivity index (χ1v) is 11.9. The third-order valence-electron chi connectivity index (χ3n) is 6.59. The molecule has 0 N–H and O–H groups in total. The second-order valence-electron chi connectivity index (χ2n) is 8.91. The van der Waals surface area contributed by atoms with Crippen LogP contribution in [0.5, 0.6) is 0 Å². The maximum Gasteiger partial charge on any atom is 0.163 e. The van der Waals surface area contributed by atoms with E-state index >= 15 is 0 Å². The fraction of sp³-hybridized carbons (Fsp3) is 0. The number of benzene rings is 5. The Labute approximate surface area is 208 Å². The van der Waals surface area contributed by atoms with Gasteiger partial charge in [-0.2, -0.15) is 0 Å². The highest BCUT2D eigenvalue weighted by Crippen LogP contribution is 2.31. The predicted molar refractivity (Wildman–Crippen MR) is 146 cm³/mol. The summed E-state index contributed by atoms with van der Waals surface area (Å²) in [6, 6.07) is 36.3. The third kappa shape index (κ3) is 3.65. The molecule has 4 heteroatoms. The van der Waals surface area contributed by atoms with Gasteiger partial charge >= 0.3 is 0 Å². The summed E-state index contributed by atoms with van der Waals surface area (Å²) in [4.78, 5) is 18.2. The molecule has 0 bridgehead atoms. The van der Waals surface area contributed by atoms with Crippen LogP contribution in [0.2, 0.25) is 0 Å². The van der Waals surface area contributed by atoms with E-state index in [1.54, 1.807) is 12.4 Å². The van der Waals surface area contributed by atoms with Crippen molar-refractivity contribution in [2.75, 3.05) is 0 Å². The largest absolute Gasteiger partial charge is 0.244 e. The summed E-state index contributed by atoms with van der Waals surface area (Å²) in [6.07, 6.45) is 5.02. The van der Waals surface area contributed by atoms with Gasteiger partial charge in [-0.25, -0.2) is 19.9 Å². The minimum absolute atomic E-state index is 0.606. The van der Waals surface area contributed by atoms with Gasteiger partial charge < -0.3 is 0 Å². The van der Waals surface area contributed by atoms with Crippen LogP contribution in [-0.4, -0.2) is 19.9 Å².